The molecule has 1 saturated carbocycles. The van der Waals surface area contributed by atoms with Crippen LogP contribution >= 0.6 is 0 Å². The van der Waals surface area contributed by atoms with Crippen LogP contribution in [0.4, 0.5) is 31.7 Å². The lowest BCUT2D eigenvalue weighted by atomic mass is 9.87. The number of aliphatic carboxylic acids is 2. The van der Waals surface area contributed by atoms with Crippen LogP contribution in [0.15, 0.2) is 151 Å². The summed E-state index contributed by atoms with van der Waals surface area (Å²) in [6.07, 6.45) is 21.8. The van der Waals surface area contributed by atoms with Gasteiger partial charge in [-0.2, -0.15) is 9.97 Å². The number of nitrogens with two attached hydrogens (primary N) is 3. The van der Waals surface area contributed by atoms with Gasteiger partial charge < -0.3 is 110 Å². The maximum absolute atomic E-state index is 14.2. The number of alkyl carbamates (subject to hydrolysis) is 2. The Balaban J connectivity index is 0.659. The van der Waals surface area contributed by atoms with Gasteiger partial charge in [-0.3, -0.25) is 28.8 Å². The number of anilines is 3. The van der Waals surface area contributed by atoms with E-state index in [0.29, 0.717) is 79.0 Å². The van der Waals surface area contributed by atoms with Gasteiger partial charge in [0.05, 0.1) is 66.5 Å². The smallest absolute Gasteiger partial charge is 0.408 e. The third-order valence-electron chi connectivity index (χ3n) is 24.1. The minimum absolute atomic E-state index is 0.000119. The summed E-state index contributed by atoms with van der Waals surface area (Å²) >= 11 is 0. The third kappa shape index (κ3) is 32.1. The number of aromatic hydroxyl groups is 1. The molecule has 20 N–H and O–H groups in total. The average Bonchev–Trinajstić information content (AvgIpc) is 1.60. The molecule has 1 saturated heterocycles. The Morgan fingerprint density at radius 2 is 1.38 bits per heavy atom. The molecule has 0 bridgehead atoms. The Labute approximate surface area is 787 Å². The average molecular weight is 1880 g/mol. The second kappa shape index (κ2) is 51.5. The first-order valence-electron chi connectivity index (χ1n) is 46.0. The number of aromatic nitrogens is 7. The number of nitrogens with one attached hydrogen (secondary N) is 10. The summed E-state index contributed by atoms with van der Waals surface area (Å²) in [5, 5.41) is 77.7. The molecular weight excluding hydrogens is 1750 g/mol. The minimum atomic E-state index is -1.54. The van der Waals surface area contributed by atoms with Crippen molar-refractivity contribution >= 4 is 100 Å². The number of carbonyl (C=O) groups excluding carboxylic acids is 10. The molecule has 3 aromatic heterocycles. The number of ether oxygens (including phenoxy) is 4. The number of hydrogen-bond donors (Lipinski definition) is 17. The fraction of sp³-hybridized carbons (Fsp3) is 0.479. The molecule has 5 heterocycles. The van der Waals surface area contributed by atoms with Crippen LogP contribution in [0.1, 0.15) is 188 Å². The second-order valence-corrected chi connectivity index (χ2v) is 35.0. The molecule has 40 nitrogen and oxygen atoms in total. The van der Waals surface area contributed by atoms with Crippen molar-refractivity contribution in [1.82, 2.24) is 77.5 Å². The van der Waals surface area contributed by atoms with Gasteiger partial charge in [0, 0.05) is 66.8 Å². The molecule has 15 atom stereocenters. The SMILES string of the molecule is C/C=C/[C@@H]1O[C@H]([C@@H](/C=C/C=C(\C)C[C@@H](C)/C=C(C)\C=C\[C@H]2CC=CC(=O)O2)NC(=O)OCc2ccc(NC(=O)[C@H](CCCNC(N)=O)NC(=O)[C@@H](NC(=O)OC[C@@H]3[C@@H]4CCc5nnn(-c6ccc(C(=O)NCCCC[C@H](NC(=O)CC[C@H](NC(=O)c7ccc(NCc8cnc9nc(N)nc(O)c9n8)cc7)C(=O)O)C(=O)N[C@H](CCCCN)C(=O)O)cc6)c5CC[C@@H]43)C(C)C)cc2)C[C@@H](O)[C@@H]1C. The summed E-state index contributed by atoms with van der Waals surface area (Å²) in [6.45, 7) is 14.0. The number of allylic oxidation sites excluding steroid dienone is 7. The highest BCUT2D eigenvalue weighted by Gasteiger charge is 2.51. The van der Waals surface area contributed by atoms with E-state index in [0.717, 1.165) is 41.8 Å². The van der Waals surface area contributed by atoms with E-state index in [9.17, 15) is 78.0 Å². The van der Waals surface area contributed by atoms with Gasteiger partial charge in [0.15, 0.2) is 11.2 Å². The van der Waals surface area contributed by atoms with E-state index in [1.807, 2.05) is 70.2 Å². The number of esters is 1. The summed E-state index contributed by atoms with van der Waals surface area (Å²) < 4.78 is 25.1. The van der Waals surface area contributed by atoms with Crippen molar-refractivity contribution in [2.75, 3.05) is 42.6 Å². The minimum Gasteiger partial charge on any atom is -0.492 e. The zero-order valence-corrected chi connectivity index (χ0v) is 77.5. The van der Waals surface area contributed by atoms with Crippen LogP contribution in [-0.2, 0) is 78.5 Å². The number of carbonyl (C=O) groups is 12. The van der Waals surface area contributed by atoms with Crippen LogP contribution in [0.5, 0.6) is 5.88 Å². The zero-order valence-electron chi connectivity index (χ0n) is 77.5. The van der Waals surface area contributed by atoms with Crippen molar-refractivity contribution in [2.24, 2.45) is 47.0 Å². The summed E-state index contributed by atoms with van der Waals surface area (Å²) in [5.74, 6) is -7.63. The van der Waals surface area contributed by atoms with E-state index in [2.05, 4.69) is 96.4 Å². The van der Waals surface area contributed by atoms with E-state index < -0.39 is 138 Å². The van der Waals surface area contributed by atoms with Gasteiger partial charge in [-0.1, -0.05) is 105 Å². The van der Waals surface area contributed by atoms with Gasteiger partial charge >= 0.3 is 36.1 Å². The molecular formula is C96H126N20O20. The number of aliphatic hydroxyl groups is 1. The number of hydrogen-bond acceptors (Lipinski definition) is 27. The molecule has 40 heteroatoms. The van der Waals surface area contributed by atoms with E-state index in [4.69, 9.17) is 36.1 Å². The predicted octanol–water partition coefficient (Wildman–Crippen LogP) is 7.94. The maximum Gasteiger partial charge on any atom is 0.408 e. The molecule has 136 heavy (non-hydrogen) atoms. The molecule has 10 amide bonds. The largest absolute Gasteiger partial charge is 0.492 e. The molecule has 0 spiro atoms. The molecule has 0 unspecified atom stereocenters. The van der Waals surface area contributed by atoms with Crippen molar-refractivity contribution < 1.29 is 96.9 Å². The van der Waals surface area contributed by atoms with Crippen LogP contribution in [0.25, 0.3) is 16.9 Å². The van der Waals surface area contributed by atoms with Gasteiger partial charge in [-0.15, -0.1) is 5.10 Å². The quantitative estimate of drug-likeness (QED) is 0.00566. The number of primary amides is 1. The summed E-state index contributed by atoms with van der Waals surface area (Å²) in [5.41, 5.74) is 23.5. The van der Waals surface area contributed by atoms with Gasteiger partial charge in [0.1, 0.15) is 42.9 Å². The summed E-state index contributed by atoms with van der Waals surface area (Å²) in [7, 11) is 0. The highest BCUT2D eigenvalue weighted by molar-refractivity contribution is 5.99. The van der Waals surface area contributed by atoms with Crippen LogP contribution in [0.3, 0.4) is 0 Å². The maximum atomic E-state index is 14.2. The number of aliphatic hydroxyl groups excluding tert-OH is 1. The first kappa shape index (κ1) is 104. The van der Waals surface area contributed by atoms with E-state index >= 15 is 0 Å². The number of fused-ring (bicyclic) bond motifs is 3. The normalized spacial score (nSPS) is 19.7. The van der Waals surface area contributed by atoms with Gasteiger partial charge in [0.25, 0.3) is 11.8 Å². The molecule has 2 aliphatic heterocycles. The molecule has 4 aliphatic rings. The van der Waals surface area contributed by atoms with Crippen molar-refractivity contribution in [1.29, 1.82) is 0 Å². The lowest BCUT2D eigenvalue weighted by molar-refractivity contribution is -0.142. The third-order valence-corrected chi connectivity index (χ3v) is 24.1. The van der Waals surface area contributed by atoms with Gasteiger partial charge in [-0.25, -0.2) is 43.4 Å². The Morgan fingerprint density at radius 1 is 0.713 bits per heavy atom. The number of cyclic esters (lactones) is 1. The Hall–Kier alpha value is -14.0. The Morgan fingerprint density at radius 3 is 2.08 bits per heavy atom. The van der Waals surface area contributed by atoms with Crippen molar-refractivity contribution in [2.45, 2.75) is 231 Å². The molecule has 2 fully saturated rings. The molecule has 730 valence electrons. The van der Waals surface area contributed by atoms with Crippen LogP contribution in [-0.4, -0.2) is 214 Å². The topological polar surface area (TPSA) is 603 Å². The lowest BCUT2D eigenvalue weighted by Crippen LogP contribution is -2.54. The van der Waals surface area contributed by atoms with Gasteiger partial charge in [0.2, 0.25) is 35.5 Å². The van der Waals surface area contributed by atoms with Gasteiger partial charge in [-0.05, 0) is 219 Å². The number of carboxylic acid groups (broad SMARTS) is 2. The fourth-order valence-corrected chi connectivity index (χ4v) is 16.6. The number of nitrogens with zero attached hydrogens (tertiary/aromatic N) is 7. The number of benzene rings is 3. The number of nitrogen functional groups attached to an aromatic ring is 1. The molecule has 2 aliphatic carbocycles. The summed E-state index contributed by atoms with van der Waals surface area (Å²) in [4.78, 5) is 174. The first-order chi connectivity index (χ1) is 65.2. The van der Waals surface area contributed by atoms with Crippen LogP contribution in [0, 0.1) is 35.5 Å². The monoisotopic (exact) mass is 1880 g/mol. The highest BCUT2D eigenvalue weighted by Crippen LogP contribution is 2.53. The van der Waals surface area contributed by atoms with E-state index in [-0.39, 0.29) is 142 Å². The number of aryl methyl sites for hydroxylation is 1. The van der Waals surface area contributed by atoms with E-state index in [1.54, 1.807) is 85.3 Å². The number of unbranched alkanes of at least 4 members (excludes halogenated alkanes) is 2. The molecule has 10 rings (SSSR count). The Bertz CT molecular complexity index is 5350. The van der Waals surface area contributed by atoms with Crippen molar-refractivity contribution in [3.8, 4) is 11.6 Å². The number of carboxylic acids is 2. The second-order valence-electron chi connectivity index (χ2n) is 35.0. The molecule has 0 radical (unpaired) electrons. The number of amides is 10. The standard InChI is InChI=1S/C96H126N20O20/c1-8-16-78-58(7)77(117)49-79(136-78)71(21-13-17-55(4)47-57(6)48-56(5)24-37-66-18-14-23-81(119)135-66)110-95(131)133-52-59-25-31-63(32-26-59)105-87(122)73(22-15-46-101-94(99)130)107-89(124)82(54(2)3)111-96(132)134-53-69-67-38-40-70-76(42-39-68(67)69)116(115-114-70)65-35-29-60(30-36-65)85(120)100-45-12-10-19-72(88(123)109-74(91(126)127)20-9-11-44-97)106-80(118)43-41-75(92(128)129)108-86(121)61-27-33-62(34-28-61)102-50-64-51-103-84-83(104-64)90(125)113-93(98)112-84/h8,13-14,16-17,21,23-37,48,51,54,57-58,66-69,71-75,77-79,82,102,117H,9-12,15,18-20,22,38-47,49-50,52-53,97H2,1-7H3,(H,100,120)(H,105,122)(H,106,118)(H,107,124)(H,108,121)(H,109,123)(H,110,131)(H,111,132)(H,126,127)(H,128,129)(H3,99,101,130)(H3,98,103,112,113,125)/b16-8+,21-13+,37-24+,55-17+,56-48-/t57-,58+,66-,67-,68+,69-,71-,72+,73+,74-,75+,77-,78+,79+,82+/m1/s1. The van der Waals surface area contributed by atoms with Crippen LogP contribution in [0.2, 0.25) is 0 Å². The zero-order chi connectivity index (χ0) is 98.1. The summed E-state index contributed by atoms with van der Waals surface area (Å²) in [6, 6.07) is 11.5. The first-order valence-corrected chi connectivity index (χ1v) is 46.0. The van der Waals surface area contributed by atoms with Crippen molar-refractivity contribution in [3.63, 3.8) is 0 Å². The Kier molecular flexibility index (Phi) is 39.4. The number of urea groups is 1. The lowest BCUT2D eigenvalue weighted by Gasteiger charge is -2.39. The van der Waals surface area contributed by atoms with E-state index in [1.165, 1.54) is 24.4 Å². The molecule has 3 aromatic carbocycles. The predicted molar refractivity (Wildman–Crippen MR) is 503 cm³/mol. The van der Waals surface area contributed by atoms with Crippen LogP contribution < -0.4 is 70.4 Å². The number of rotatable bonds is 48. The van der Waals surface area contributed by atoms with Crippen molar-refractivity contribution in [3.05, 3.63) is 185 Å². The molecule has 6 aromatic rings. The highest BCUT2D eigenvalue weighted by atomic mass is 16.6. The fourth-order valence-electron chi connectivity index (χ4n) is 16.6.